The van der Waals surface area contributed by atoms with E-state index in [9.17, 15) is 9.59 Å². The van der Waals surface area contributed by atoms with Gasteiger partial charge in [-0.2, -0.15) is 6.92 Å². The molecule has 0 aliphatic heterocycles. The molecule has 0 aliphatic carbocycles. The van der Waals surface area contributed by atoms with Crippen LogP contribution in [0.1, 0.15) is 47.5 Å². The Labute approximate surface area is 126 Å². The van der Waals surface area contributed by atoms with Gasteiger partial charge in [-0.25, -0.2) is 0 Å². The predicted molar refractivity (Wildman–Crippen MR) is 64.1 cm³/mol. The normalized spacial score (nSPS) is 11.2. The Morgan fingerprint density at radius 1 is 1.19 bits per heavy atom. The first-order valence-electron chi connectivity index (χ1n) is 5.58. The van der Waals surface area contributed by atoms with Crippen molar-refractivity contribution in [3.63, 3.8) is 0 Å². The minimum absolute atomic E-state index is 0. The third-order valence-corrected chi connectivity index (χ3v) is 2.06. The quantitative estimate of drug-likeness (QED) is 0.706. The molecule has 0 N–H and O–H groups in total. The standard InChI is InChI=1S/C11H19O2.C2H5.Y/c1-8(2)7-10(5-6-12)11(13)9(3)4;1-2;/h8-10H,5,7H2,1-4H3;1H2,2H3;/q2*-1;. The molecule has 0 bridgehead atoms. The van der Waals surface area contributed by atoms with Crippen LogP contribution >= 0.6 is 0 Å². The second kappa shape index (κ2) is 13.5. The number of Topliss-reactive ketones (excluding diaryl/α,β-unsaturated/α-hetero) is 1. The van der Waals surface area contributed by atoms with E-state index in [0.29, 0.717) is 5.92 Å². The van der Waals surface area contributed by atoms with Crippen molar-refractivity contribution in [3.05, 3.63) is 6.92 Å². The van der Waals surface area contributed by atoms with Gasteiger partial charge in [-0.3, -0.25) is 11.1 Å². The maximum atomic E-state index is 11.6. The van der Waals surface area contributed by atoms with Crippen molar-refractivity contribution in [1.29, 1.82) is 0 Å². The molecule has 0 aromatic rings. The average Bonchev–Trinajstić information content (AvgIpc) is 2.18. The first-order valence-corrected chi connectivity index (χ1v) is 5.58. The number of ketones is 1. The van der Waals surface area contributed by atoms with Gasteiger partial charge in [0.25, 0.3) is 0 Å². The van der Waals surface area contributed by atoms with Crippen molar-refractivity contribution >= 4 is 12.1 Å². The van der Waals surface area contributed by atoms with Crippen LogP contribution in [0.25, 0.3) is 0 Å². The molecule has 0 aromatic carbocycles. The van der Waals surface area contributed by atoms with Gasteiger partial charge in [0.05, 0.1) is 0 Å². The number of hydrogen-bond donors (Lipinski definition) is 0. The zero-order chi connectivity index (χ0) is 12.4. The summed E-state index contributed by atoms with van der Waals surface area (Å²) >= 11 is 0. The Kier molecular flexibility index (Phi) is 18.3. The summed E-state index contributed by atoms with van der Waals surface area (Å²) in [4.78, 5) is 21.8. The predicted octanol–water partition coefficient (Wildman–Crippen LogP) is 3.21. The number of carbonyl (C=O) groups excluding carboxylic acids is 2. The Balaban J connectivity index is -0.000000529. The van der Waals surface area contributed by atoms with Crippen molar-refractivity contribution < 1.29 is 42.3 Å². The molecule has 93 valence electrons. The summed E-state index contributed by atoms with van der Waals surface area (Å²) in [5.41, 5.74) is 0. The van der Waals surface area contributed by atoms with Gasteiger partial charge >= 0.3 is 0 Å². The number of rotatable bonds is 6. The van der Waals surface area contributed by atoms with E-state index in [-0.39, 0.29) is 56.7 Å². The molecule has 0 amide bonds. The molecule has 0 rings (SSSR count). The molecule has 0 spiro atoms. The maximum absolute atomic E-state index is 11.6. The summed E-state index contributed by atoms with van der Waals surface area (Å²) in [5.74, 6) is 0.563. The maximum Gasteiger partial charge on any atom is 0.136 e. The Morgan fingerprint density at radius 3 is 1.88 bits per heavy atom. The van der Waals surface area contributed by atoms with Gasteiger partial charge in [-0.1, -0.05) is 27.7 Å². The molecule has 16 heavy (non-hydrogen) atoms. The van der Waals surface area contributed by atoms with Crippen LogP contribution in [0.15, 0.2) is 0 Å². The largest absolute Gasteiger partial charge is 0.542 e. The van der Waals surface area contributed by atoms with E-state index >= 15 is 0 Å². The van der Waals surface area contributed by atoms with Crippen molar-refractivity contribution in [2.24, 2.45) is 17.8 Å². The van der Waals surface area contributed by atoms with Gasteiger partial charge < -0.3 is 11.7 Å². The third kappa shape index (κ3) is 10.9. The van der Waals surface area contributed by atoms with Crippen LogP contribution in [-0.2, 0) is 42.3 Å². The number of hydrogen-bond acceptors (Lipinski definition) is 2. The number of carbonyl (C=O) groups is 1. The van der Waals surface area contributed by atoms with Gasteiger partial charge in [-0.15, -0.1) is 6.42 Å². The molecule has 1 atom stereocenters. The van der Waals surface area contributed by atoms with Crippen LogP contribution in [0.5, 0.6) is 0 Å². The van der Waals surface area contributed by atoms with E-state index in [1.165, 1.54) is 0 Å². The smallest absolute Gasteiger partial charge is 0.136 e. The van der Waals surface area contributed by atoms with Crippen LogP contribution in [0, 0.1) is 24.7 Å². The Hall–Kier alpha value is 0.444. The second-order valence-corrected chi connectivity index (χ2v) is 4.23. The summed E-state index contributed by atoms with van der Waals surface area (Å²) < 4.78 is 0. The zero-order valence-electron chi connectivity index (χ0n) is 11.2. The monoisotopic (exact) mass is 301 g/mol. The molecule has 1 radical (unpaired) electrons. The van der Waals surface area contributed by atoms with Crippen LogP contribution in [-0.4, -0.2) is 12.1 Å². The van der Waals surface area contributed by atoms with E-state index in [1.54, 1.807) is 6.92 Å². The third-order valence-electron chi connectivity index (χ3n) is 2.06. The Morgan fingerprint density at radius 2 is 1.62 bits per heavy atom. The fourth-order valence-corrected chi connectivity index (χ4v) is 1.44. The molecular weight excluding hydrogens is 277 g/mol. The van der Waals surface area contributed by atoms with E-state index in [2.05, 4.69) is 20.8 Å². The van der Waals surface area contributed by atoms with E-state index < -0.39 is 0 Å². The summed E-state index contributed by atoms with van der Waals surface area (Å²) in [7, 11) is 0. The first-order chi connectivity index (χ1) is 6.99. The molecule has 0 aromatic heterocycles. The van der Waals surface area contributed by atoms with Crippen molar-refractivity contribution in [3.8, 4) is 0 Å². The second-order valence-electron chi connectivity index (χ2n) is 4.23. The molecule has 0 fully saturated rings. The molecule has 1 unspecified atom stereocenters. The zero-order valence-corrected chi connectivity index (χ0v) is 14.1. The minimum atomic E-state index is -0.113. The van der Waals surface area contributed by atoms with Gasteiger partial charge in [0.15, 0.2) is 0 Å². The molecule has 0 heterocycles. The Bertz CT molecular complexity index is 177. The van der Waals surface area contributed by atoms with Crippen molar-refractivity contribution in [2.75, 3.05) is 0 Å². The van der Waals surface area contributed by atoms with Crippen LogP contribution in [0.3, 0.4) is 0 Å². The molecule has 2 nitrogen and oxygen atoms in total. The average molecular weight is 301 g/mol. The van der Waals surface area contributed by atoms with E-state index in [1.807, 2.05) is 20.1 Å². The topological polar surface area (TPSA) is 34.1 Å². The van der Waals surface area contributed by atoms with Gasteiger partial charge in [-0.05, 0) is 18.3 Å². The molecule has 3 heteroatoms. The van der Waals surface area contributed by atoms with Crippen molar-refractivity contribution in [1.82, 2.24) is 0 Å². The molecular formula is C13H24O2Y-2. The summed E-state index contributed by atoms with van der Waals surface area (Å²) in [6, 6.07) is 0. The van der Waals surface area contributed by atoms with Gasteiger partial charge in [0.1, 0.15) is 5.78 Å². The molecule has 0 aliphatic rings. The molecule has 0 saturated carbocycles. The van der Waals surface area contributed by atoms with Crippen LogP contribution < -0.4 is 0 Å². The fourth-order valence-electron chi connectivity index (χ4n) is 1.44. The summed E-state index contributed by atoms with van der Waals surface area (Å²) in [5, 5.41) is 0. The van der Waals surface area contributed by atoms with E-state index in [0.717, 1.165) is 6.42 Å². The van der Waals surface area contributed by atoms with Crippen molar-refractivity contribution in [2.45, 2.75) is 47.5 Å². The summed E-state index contributed by atoms with van der Waals surface area (Å²) in [6.45, 7) is 12.9. The van der Waals surface area contributed by atoms with Gasteiger partial charge in [0, 0.05) is 38.6 Å². The SMILES string of the molecule is CC(C)CC(C[C-]=O)C(=O)C(C)C.[CH2-]C.[Y]. The van der Waals surface area contributed by atoms with Crippen LogP contribution in [0.4, 0.5) is 0 Å². The van der Waals surface area contributed by atoms with E-state index in [4.69, 9.17) is 0 Å². The van der Waals surface area contributed by atoms with Gasteiger partial charge in [0.2, 0.25) is 0 Å². The minimum Gasteiger partial charge on any atom is -0.542 e. The summed E-state index contributed by atoms with van der Waals surface area (Å²) in [6.07, 6.45) is 2.90. The first kappa shape index (κ1) is 21.7. The van der Waals surface area contributed by atoms with Crippen LogP contribution in [0.2, 0.25) is 0 Å². The fraction of sp³-hybridized carbons (Fsp3) is 0.769. The molecule has 0 saturated heterocycles.